The zero-order chi connectivity index (χ0) is 18.0. The molecule has 2 aromatic rings. The molecule has 134 valence electrons. The van der Waals surface area contributed by atoms with Crippen molar-refractivity contribution in [3.8, 4) is 11.1 Å². The minimum absolute atomic E-state index is 0.359. The Morgan fingerprint density at radius 2 is 1.56 bits per heavy atom. The molecule has 0 N–H and O–H groups in total. The van der Waals surface area contributed by atoms with Gasteiger partial charge in [0.1, 0.15) is 0 Å². The average molecular weight is 359 g/mol. The van der Waals surface area contributed by atoms with Crippen LogP contribution in [-0.4, -0.2) is 57.7 Å². The lowest BCUT2D eigenvalue weighted by Crippen LogP contribution is -2.31. The highest BCUT2D eigenvalue weighted by molar-refractivity contribution is 7.90. The van der Waals surface area contributed by atoms with Crippen LogP contribution in [0.5, 0.6) is 0 Å². The minimum atomic E-state index is -3.14. The third-order valence-electron chi connectivity index (χ3n) is 4.95. The summed E-state index contributed by atoms with van der Waals surface area (Å²) in [5, 5.41) is 0. The molecule has 0 aliphatic carbocycles. The second-order valence-corrected chi connectivity index (χ2v) is 9.15. The van der Waals surface area contributed by atoms with Gasteiger partial charge in [-0.25, -0.2) is 8.42 Å². The number of hydrogen-bond donors (Lipinski definition) is 0. The second kappa shape index (κ2) is 7.28. The van der Waals surface area contributed by atoms with Gasteiger partial charge >= 0.3 is 0 Å². The Hall–Kier alpha value is -1.69. The first-order valence-electron chi connectivity index (χ1n) is 8.61. The molecule has 1 unspecified atom stereocenters. The summed E-state index contributed by atoms with van der Waals surface area (Å²) in [5.41, 5.74) is 3.46. The molecule has 2 aromatic carbocycles. The monoisotopic (exact) mass is 358 g/mol. The molecule has 1 saturated heterocycles. The van der Waals surface area contributed by atoms with E-state index in [1.165, 1.54) is 18.2 Å². The van der Waals surface area contributed by atoms with Crippen molar-refractivity contribution in [2.75, 3.05) is 33.4 Å². The smallest absolute Gasteiger partial charge is 0.175 e. The van der Waals surface area contributed by atoms with Crippen molar-refractivity contribution >= 4 is 9.84 Å². The molecule has 0 aromatic heterocycles. The summed E-state index contributed by atoms with van der Waals surface area (Å²) in [6.45, 7) is 3.26. The van der Waals surface area contributed by atoms with Crippen LogP contribution in [0.1, 0.15) is 12.0 Å². The highest BCUT2D eigenvalue weighted by atomic mass is 32.2. The van der Waals surface area contributed by atoms with Crippen LogP contribution in [-0.2, 0) is 16.4 Å². The number of rotatable bonds is 5. The molecule has 1 fully saturated rings. The van der Waals surface area contributed by atoms with E-state index < -0.39 is 9.84 Å². The molecule has 25 heavy (non-hydrogen) atoms. The van der Waals surface area contributed by atoms with E-state index in [2.05, 4.69) is 48.2 Å². The van der Waals surface area contributed by atoms with Gasteiger partial charge < -0.3 is 4.90 Å². The third-order valence-corrected chi connectivity index (χ3v) is 6.08. The summed E-state index contributed by atoms with van der Waals surface area (Å²) in [7, 11) is 1.16. The lowest BCUT2D eigenvalue weighted by atomic mass is 10.0. The average Bonchev–Trinajstić information content (AvgIpc) is 3.04. The molecule has 0 amide bonds. The van der Waals surface area contributed by atoms with Crippen LogP contribution in [0.4, 0.5) is 0 Å². The number of sulfone groups is 1. The van der Waals surface area contributed by atoms with Gasteiger partial charge in [-0.2, -0.15) is 0 Å². The van der Waals surface area contributed by atoms with Gasteiger partial charge in [0, 0.05) is 31.9 Å². The zero-order valence-corrected chi connectivity index (χ0v) is 16.0. The molecule has 5 heteroatoms. The first kappa shape index (κ1) is 18.1. The Kier molecular flexibility index (Phi) is 5.27. The fourth-order valence-electron chi connectivity index (χ4n) is 3.33. The van der Waals surface area contributed by atoms with Gasteiger partial charge in [0.2, 0.25) is 0 Å². The van der Waals surface area contributed by atoms with E-state index in [9.17, 15) is 8.42 Å². The van der Waals surface area contributed by atoms with Crippen LogP contribution in [0.2, 0.25) is 0 Å². The number of nitrogens with zero attached hydrogens (tertiary/aromatic N) is 2. The van der Waals surface area contributed by atoms with Crippen LogP contribution in [0.15, 0.2) is 53.4 Å². The predicted molar refractivity (Wildman–Crippen MR) is 102 cm³/mol. The maximum Gasteiger partial charge on any atom is 0.175 e. The molecule has 1 atom stereocenters. The van der Waals surface area contributed by atoms with E-state index in [4.69, 9.17) is 0 Å². The van der Waals surface area contributed by atoms with Crippen molar-refractivity contribution in [1.29, 1.82) is 0 Å². The van der Waals surface area contributed by atoms with Gasteiger partial charge in [-0.3, -0.25) is 4.90 Å². The molecule has 0 saturated carbocycles. The maximum absolute atomic E-state index is 11.5. The molecule has 0 bridgehead atoms. The van der Waals surface area contributed by atoms with Crippen molar-refractivity contribution in [1.82, 2.24) is 9.80 Å². The Balaban J connectivity index is 1.66. The minimum Gasteiger partial charge on any atom is -0.305 e. The maximum atomic E-state index is 11.5. The predicted octanol–water partition coefficient (Wildman–Crippen LogP) is 2.89. The fraction of sp³-hybridized carbons (Fsp3) is 0.400. The standard InChI is InChI=1S/C20H26N2O2S/c1-21(2)19-12-13-22(15-19)14-16-4-6-17(7-5-16)18-8-10-20(11-9-18)25(3,23)24/h4-11,19H,12-15H2,1-3H3. The van der Waals surface area contributed by atoms with Crippen molar-refractivity contribution in [2.45, 2.75) is 23.9 Å². The van der Waals surface area contributed by atoms with Crippen LogP contribution < -0.4 is 0 Å². The van der Waals surface area contributed by atoms with E-state index in [0.717, 1.165) is 30.8 Å². The van der Waals surface area contributed by atoms with Crippen molar-refractivity contribution in [2.24, 2.45) is 0 Å². The summed E-state index contributed by atoms with van der Waals surface area (Å²) in [6.07, 6.45) is 2.47. The molecule has 1 aliphatic rings. The number of benzene rings is 2. The van der Waals surface area contributed by atoms with Gasteiger partial charge in [0.15, 0.2) is 9.84 Å². The quantitative estimate of drug-likeness (QED) is 0.824. The number of likely N-dealkylation sites (tertiary alicyclic amines) is 1. The Bertz CT molecular complexity index is 812. The molecule has 3 rings (SSSR count). The first-order valence-corrected chi connectivity index (χ1v) is 10.5. The van der Waals surface area contributed by atoms with Gasteiger partial charge in [0.05, 0.1) is 4.90 Å². The highest BCUT2D eigenvalue weighted by Crippen LogP contribution is 2.23. The van der Waals surface area contributed by atoms with Gasteiger partial charge in [0.25, 0.3) is 0 Å². The molecule has 4 nitrogen and oxygen atoms in total. The molecule has 1 heterocycles. The SMILES string of the molecule is CN(C)C1CCN(Cc2ccc(-c3ccc(S(C)(=O)=O)cc3)cc2)C1. The van der Waals surface area contributed by atoms with E-state index in [0.29, 0.717) is 10.9 Å². The van der Waals surface area contributed by atoms with Gasteiger partial charge in [-0.15, -0.1) is 0 Å². The fourth-order valence-corrected chi connectivity index (χ4v) is 3.96. The van der Waals surface area contributed by atoms with Crippen LogP contribution in [0, 0.1) is 0 Å². The lowest BCUT2D eigenvalue weighted by molar-refractivity contribution is 0.264. The highest BCUT2D eigenvalue weighted by Gasteiger charge is 2.23. The van der Waals surface area contributed by atoms with Crippen LogP contribution >= 0.6 is 0 Å². The van der Waals surface area contributed by atoms with E-state index in [-0.39, 0.29) is 0 Å². The lowest BCUT2D eigenvalue weighted by Gasteiger charge is -2.20. The summed E-state index contributed by atoms with van der Waals surface area (Å²) >= 11 is 0. The largest absolute Gasteiger partial charge is 0.305 e. The van der Waals surface area contributed by atoms with E-state index >= 15 is 0 Å². The second-order valence-electron chi connectivity index (χ2n) is 7.13. The van der Waals surface area contributed by atoms with Crippen molar-refractivity contribution in [3.63, 3.8) is 0 Å². The number of hydrogen-bond acceptors (Lipinski definition) is 4. The van der Waals surface area contributed by atoms with Crippen molar-refractivity contribution in [3.05, 3.63) is 54.1 Å². The topological polar surface area (TPSA) is 40.6 Å². The molecule has 0 spiro atoms. The van der Waals surface area contributed by atoms with Crippen LogP contribution in [0.3, 0.4) is 0 Å². The molecular weight excluding hydrogens is 332 g/mol. The third kappa shape index (κ3) is 4.48. The summed E-state index contributed by atoms with van der Waals surface area (Å²) in [5.74, 6) is 0. The van der Waals surface area contributed by atoms with E-state index in [1.807, 2.05) is 12.1 Å². The summed E-state index contributed by atoms with van der Waals surface area (Å²) in [4.78, 5) is 5.17. The number of likely N-dealkylation sites (N-methyl/N-ethyl adjacent to an activating group) is 1. The molecule has 1 aliphatic heterocycles. The Morgan fingerprint density at radius 3 is 2.04 bits per heavy atom. The van der Waals surface area contributed by atoms with Crippen LogP contribution in [0.25, 0.3) is 11.1 Å². The Labute approximate surface area is 151 Å². The van der Waals surface area contributed by atoms with Gasteiger partial charge in [-0.1, -0.05) is 36.4 Å². The van der Waals surface area contributed by atoms with Crippen molar-refractivity contribution < 1.29 is 8.42 Å². The first-order chi connectivity index (χ1) is 11.8. The summed E-state index contributed by atoms with van der Waals surface area (Å²) in [6, 6.07) is 16.3. The normalized spacial score (nSPS) is 18.8. The van der Waals surface area contributed by atoms with Gasteiger partial charge in [-0.05, 0) is 49.3 Å². The zero-order valence-electron chi connectivity index (χ0n) is 15.1. The Morgan fingerprint density at radius 1 is 1.00 bits per heavy atom. The van der Waals surface area contributed by atoms with E-state index in [1.54, 1.807) is 12.1 Å². The summed E-state index contributed by atoms with van der Waals surface area (Å²) < 4.78 is 23.1. The molecular formula is C20H26N2O2S. The molecule has 0 radical (unpaired) electrons.